The zero-order valence-electron chi connectivity index (χ0n) is 8.37. The van der Waals surface area contributed by atoms with Crippen LogP contribution in [0.25, 0.3) is 0 Å². The number of carbonyl (C=O) groups excluding carboxylic acids is 1. The molecule has 0 atom stereocenters. The minimum absolute atomic E-state index is 0.0400. The lowest BCUT2D eigenvalue weighted by Gasteiger charge is -2.38. The summed E-state index contributed by atoms with van der Waals surface area (Å²) in [6, 6.07) is 2.68. The van der Waals surface area contributed by atoms with Crippen molar-refractivity contribution in [3.05, 3.63) is 35.4 Å². The molecule has 0 radical (unpaired) electrons. The molecule has 16 heavy (non-hydrogen) atoms. The van der Waals surface area contributed by atoms with Gasteiger partial charge in [-0.3, -0.25) is 4.79 Å². The monoisotopic (exact) mass is 228 g/mol. The molecule has 1 aliphatic rings. The molecule has 86 valence electrons. The molecule has 1 aromatic rings. The second-order valence-electron chi connectivity index (χ2n) is 3.88. The van der Waals surface area contributed by atoms with Gasteiger partial charge in [-0.1, -0.05) is 0 Å². The maximum absolute atomic E-state index is 13.3. The van der Waals surface area contributed by atoms with Crippen molar-refractivity contribution in [3.63, 3.8) is 0 Å². The van der Waals surface area contributed by atoms with E-state index >= 15 is 0 Å². The molecule has 1 fully saturated rings. The van der Waals surface area contributed by atoms with Gasteiger partial charge < -0.3 is 9.84 Å². The van der Waals surface area contributed by atoms with Crippen LogP contribution in [-0.4, -0.2) is 30.7 Å². The molecule has 1 N–H and O–H groups in total. The fourth-order valence-corrected chi connectivity index (χ4v) is 1.60. The maximum atomic E-state index is 13.3. The van der Waals surface area contributed by atoms with Gasteiger partial charge in [0.15, 0.2) is 5.78 Å². The molecule has 0 saturated carbocycles. The van der Waals surface area contributed by atoms with Crippen molar-refractivity contribution in [3.8, 4) is 0 Å². The Kier molecular flexibility index (Phi) is 2.73. The van der Waals surface area contributed by atoms with Crippen LogP contribution in [0.2, 0.25) is 0 Å². The van der Waals surface area contributed by atoms with E-state index in [1.807, 2.05) is 0 Å². The first-order chi connectivity index (χ1) is 7.59. The lowest BCUT2D eigenvalue weighted by molar-refractivity contribution is -0.109. The average Bonchev–Trinajstić information content (AvgIpc) is 2.21. The zero-order valence-corrected chi connectivity index (χ0v) is 8.37. The van der Waals surface area contributed by atoms with Crippen molar-refractivity contribution < 1.29 is 23.4 Å². The third kappa shape index (κ3) is 1.62. The number of aliphatic hydroxyl groups excluding tert-OH is 1. The number of carbonyl (C=O) groups is 1. The summed E-state index contributed by atoms with van der Waals surface area (Å²) in [6.45, 7) is -0.349. The maximum Gasteiger partial charge on any atom is 0.179 e. The van der Waals surface area contributed by atoms with E-state index in [1.54, 1.807) is 0 Å². The number of hydrogen-bond donors (Lipinski definition) is 1. The number of hydrogen-bond acceptors (Lipinski definition) is 3. The molecule has 1 aromatic carbocycles. The molecule has 0 bridgehead atoms. The molecular formula is C11H10F2O3. The molecule has 1 heterocycles. The summed E-state index contributed by atoms with van der Waals surface area (Å²) in [6.07, 6.45) is 0. The molecule has 0 unspecified atom stereocenters. The topological polar surface area (TPSA) is 46.5 Å². The third-order valence-corrected chi connectivity index (χ3v) is 2.71. The highest BCUT2D eigenvalue weighted by molar-refractivity contribution is 6.01. The average molecular weight is 228 g/mol. The Morgan fingerprint density at radius 2 is 2.12 bits per heavy atom. The van der Waals surface area contributed by atoms with Crippen LogP contribution in [0, 0.1) is 17.0 Å². The van der Waals surface area contributed by atoms with E-state index in [9.17, 15) is 13.6 Å². The van der Waals surface area contributed by atoms with Gasteiger partial charge in [-0.2, -0.15) is 0 Å². The zero-order chi connectivity index (χ0) is 11.8. The number of rotatable bonds is 3. The van der Waals surface area contributed by atoms with Crippen molar-refractivity contribution in [1.82, 2.24) is 0 Å². The summed E-state index contributed by atoms with van der Waals surface area (Å²) in [5, 5.41) is 9.11. The predicted molar refractivity (Wildman–Crippen MR) is 51.0 cm³/mol. The minimum atomic E-state index is -1.10. The molecule has 0 aliphatic carbocycles. The molecule has 1 aliphatic heterocycles. The van der Waals surface area contributed by atoms with Crippen molar-refractivity contribution in [2.75, 3.05) is 19.8 Å². The van der Waals surface area contributed by atoms with Crippen molar-refractivity contribution in [2.24, 2.45) is 5.41 Å². The van der Waals surface area contributed by atoms with Crippen LogP contribution >= 0.6 is 0 Å². The van der Waals surface area contributed by atoms with Crippen LogP contribution < -0.4 is 0 Å². The van der Waals surface area contributed by atoms with Gasteiger partial charge in [0.2, 0.25) is 0 Å². The quantitative estimate of drug-likeness (QED) is 0.789. The Hall–Kier alpha value is -1.33. The van der Waals surface area contributed by atoms with Crippen molar-refractivity contribution in [2.45, 2.75) is 0 Å². The van der Waals surface area contributed by atoms with Gasteiger partial charge in [0.05, 0.1) is 25.4 Å². The number of Topliss-reactive ketones (excluding diaryl/α,β-unsaturated/α-hetero) is 1. The van der Waals surface area contributed by atoms with Crippen LogP contribution in [-0.2, 0) is 4.74 Å². The van der Waals surface area contributed by atoms with E-state index in [4.69, 9.17) is 9.84 Å². The van der Waals surface area contributed by atoms with Gasteiger partial charge in [-0.25, -0.2) is 8.78 Å². The molecule has 0 spiro atoms. The number of ketones is 1. The summed E-state index contributed by atoms with van der Waals surface area (Å²) in [4.78, 5) is 11.9. The summed E-state index contributed by atoms with van der Waals surface area (Å²) < 4.78 is 31.1. The smallest absolute Gasteiger partial charge is 0.179 e. The number of benzene rings is 1. The van der Waals surface area contributed by atoms with Crippen LogP contribution in [0.3, 0.4) is 0 Å². The van der Waals surface area contributed by atoms with E-state index in [-0.39, 0.29) is 18.8 Å². The van der Waals surface area contributed by atoms with Crippen molar-refractivity contribution in [1.29, 1.82) is 0 Å². The highest BCUT2D eigenvalue weighted by Gasteiger charge is 2.46. The van der Waals surface area contributed by atoms with E-state index in [0.717, 1.165) is 18.2 Å². The summed E-state index contributed by atoms with van der Waals surface area (Å²) in [7, 11) is 0. The van der Waals surface area contributed by atoms with E-state index in [2.05, 4.69) is 0 Å². The van der Waals surface area contributed by atoms with Gasteiger partial charge in [0, 0.05) is 0 Å². The fraction of sp³-hybridized carbons (Fsp3) is 0.364. The largest absolute Gasteiger partial charge is 0.395 e. The first-order valence-corrected chi connectivity index (χ1v) is 4.77. The second-order valence-corrected chi connectivity index (χ2v) is 3.88. The van der Waals surface area contributed by atoms with Crippen LogP contribution in [0.15, 0.2) is 18.2 Å². The standard InChI is InChI=1S/C11H10F2O3/c12-7-1-2-9(13)8(3-7)10(15)11(4-14)5-16-6-11/h1-3,14H,4-6H2. The van der Waals surface area contributed by atoms with E-state index < -0.39 is 29.4 Å². The molecule has 0 aromatic heterocycles. The summed E-state index contributed by atoms with van der Waals surface area (Å²) in [5.41, 5.74) is -1.44. The Labute approximate surface area is 90.7 Å². The normalized spacial score (nSPS) is 17.9. The molecule has 2 rings (SSSR count). The number of aliphatic hydroxyl groups is 1. The molecule has 5 heteroatoms. The Balaban J connectivity index is 2.37. The van der Waals surface area contributed by atoms with Gasteiger partial charge in [0.1, 0.15) is 17.0 Å². The van der Waals surface area contributed by atoms with Crippen LogP contribution in [0.1, 0.15) is 10.4 Å². The van der Waals surface area contributed by atoms with Crippen molar-refractivity contribution >= 4 is 5.78 Å². The second kappa shape index (κ2) is 3.92. The molecule has 0 amide bonds. The number of ether oxygens (including phenoxy) is 1. The first-order valence-electron chi connectivity index (χ1n) is 4.77. The Morgan fingerprint density at radius 1 is 1.44 bits per heavy atom. The molecule has 3 nitrogen and oxygen atoms in total. The minimum Gasteiger partial charge on any atom is -0.395 e. The third-order valence-electron chi connectivity index (χ3n) is 2.71. The van der Waals surface area contributed by atoms with Crippen LogP contribution in [0.5, 0.6) is 0 Å². The Bertz CT molecular complexity index is 422. The van der Waals surface area contributed by atoms with Gasteiger partial charge in [0.25, 0.3) is 0 Å². The Morgan fingerprint density at radius 3 is 2.62 bits per heavy atom. The van der Waals surface area contributed by atoms with Gasteiger partial charge in [-0.15, -0.1) is 0 Å². The highest BCUT2D eigenvalue weighted by atomic mass is 19.1. The first kappa shape index (κ1) is 11.2. The SMILES string of the molecule is O=C(c1cc(F)ccc1F)C1(CO)COC1. The summed E-state index contributed by atoms with van der Waals surface area (Å²) >= 11 is 0. The molecular weight excluding hydrogens is 218 g/mol. The van der Waals surface area contributed by atoms with Gasteiger partial charge >= 0.3 is 0 Å². The lowest BCUT2D eigenvalue weighted by Crippen LogP contribution is -2.52. The van der Waals surface area contributed by atoms with Crippen LogP contribution in [0.4, 0.5) is 8.78 Å². The van der Waals surface area contributed by atoms with Gasteiger partial charge in [-0.05, 0) is 18.2 Å². The number of halogens is 2. The lowest BCUT2D eigenvalue weighted by atomic mass is 9.79. The van der Waals surface area contributed by atoms with E-state index in [1.165, 1.54) is 0 Å². The van der Waals surface area contributed by atoms with E-state index in [0.29, 0.717) is 0 Å². The molecule has 1 saturated heterocycles. The predicted octanol–water partition coefficient (Wildman–Crippen LogP) is 1.16. The summed E-state index contributed by atoms with van der Waals surface area (Å²) in [5.74, 6) is -2.08. The highest BCUT2D eigenvalue weighted by Crippen LogP contribution is 2.32. The fourth-order valence-electron chi connectivity index (χ4n) is 1.60.